The summed E-state index contributed by atoms with van der Waals surface area (Å²) in [7, 11) is 0. The fraction of sp³-hybridized carbons (Fsp3) is 0.400. The Bertz CT molecular complexity index is 721. The van der Waals surface area contributed by atoms with Gasteiger partial charge in [0.15, 0.2) is 6.29 Å². The summed E-state index contributed by atoms with van der Waals surface area (Å²) >= 11 is 1.39. The Hall–Kier alpha value is -1.41. The smallest absolute Gasteiger partial charge is 0.184 e. The van der Waals surface area contributed by atoms with Crippen molar-refractivity contribution in [2.45, 2.75) is 48.0 Å². The quantitative estimate of drug-likeness (QED) is 0.861. The van der Waals surface area contributed by atoms with E-state index in [0.717, 1.165) is 10.5 Å². The second kappa shape index (κ2) is 7.68. The lowest BCUT2D eigenvalue weighted by Gasteiger charge is -2.46. The Morgan fingerprint density at radius 3 is 2.38 bits per heavy atom. The van der Waals surface area contributed by atoms with Crippen molar-refractivity contribution in [3.05, 3.63) is 65.7 Å². The van der Waals surface area contributed by atoms with E-state index in [0.29, 0.717) is 6.61 Å². The number of ether oxygens (including phenoxy) is 3. The van der Waals surface area contributed by atoms with Crippen LogP contribution in [0, 0.1) is 6.92 Å². The number of fused-ring (bicyclic) bond motifs is 1. The summed E-state index contributed by atoms with van der Waals surface area (Å²) in [6.07, 6.45) is -3.69. The first kappa shape index (κ1) is 18.0. The first-order chi connectivity index (χ1) is 12.6. The van der Waals surface area contributed by atoms with Gasteiger partial charge in [-0.15, -0.1) is 0 Å². The number of aryl methyl sites for hydroxylation is 1. The Morgan fingerprint density at radius 2 is 1.65 bits per heavy atom. The van der Waals surface area contributed by atoms with E-state index in [1.807, 2.05) is 61.5 Å². The maximum absolute atomic E-state index is 10.6. The van der Waals surface area contributed by atoms with Gasteiger partial charge >= 0.3 is 0 Å². The third-order valence-corrected chi connectivity index (χ3v) is 5.84. The van der Waals surface area contributed by atoms with Crippen LogP contribution in [0.4, 0.5) is 0 Å². The molecule has 5 nitrogen and oxygen atoms in total. The van der Waals surface area contributed by atoms with E-state index in [1.54, 1.807) is 0 Å². The van der Waals surface area contributed by atoms with E-state index in [1.165, 1.54) is 17.3 Å². The van der Waals surface area contributed by atoms with Crippen molar-refractivity contribution in [3.63, 3.8) is 0 Å². The fourth-order valence-corrected chi connectivity index (χ4v) is 4.27. The van der Waals surface area contributed by atoms with Gasteiger partial charge in [-0.25, -0.2) is 0 Å². The van der Waals surface area contributed by atoms with Crippen LogP contribution in [0.3, 0.4) is 0 Å². The number of aliphatic hydroxyl groups excluding tert-OH is 2. The highest BCUT2D eigenvalue weighted by atomic mass is 32.2. The number of hydrogen-bond acceptors (Lipinski definition) is 6. The van der Waals surface area contributed by atoms with E-state index in [2.05, 4.69) is 0 Å². The molecule has 2 aromatic rings. The maximum atomic E-state index is 10.6. The molecule has 0 bridgehead atoms. The van der Waals surface area contributed by atoms with Gasteiger partial charge in [0.2, 0.25) is 0 Å². The SMILES string of the molecule is Cc1ccc(S[C@@H]2O[C@@H]3CO[C@H](c4ccccc4)O[C@@H]3[C@H](O)[C@@H]2O)cc1. The maximum Gasteiger partial charge on any atom is 0.184 e. The van der Waals surface area contributed by atoms with Crippen LogP contribution in [0.25, 0.3) is 0 Å². The molecule has 6 atom stereocenters. The Morgan fingerprint density at radius 1 is 0.923 bits per heavy atom. The molecule has 138 valence electrons. The van der Waals surface area contributed by atoms with Crippen molar-refractivity contribution >= 4 is 11.8 Å². The highest BCUT2D eigenvalue weighted by Crippen LogP contribution is 2.38. The molecule has 2 aliphatic rings. The molecule has 2 aromatic carbocycles. The summed E-state index contributed by atoms with van der Waals surface area (Å²) in [6.45, 7) is 2.33. The van der Waals surface area contributed by atoms with Crippen molar-refractivity contribution in [1.82, 2.24) is 0 Å². The molecule has 0 saturated carbocycles. The number of aliphatic hydroxyl groups is 2. The van der Waals surface area contributed by atoms with E-state index < -0.39 is 36.1 Å². The van der Waals surface area contributed by atoms with Crippen LogP contribution >= 0.6 is 11.8 Å². The van der Waals surface area contributed by atoms with Gasteiger partial charge in [-0.2, -0.15) is 0 Å². The van der Waals surface area contributed by atoms with Crippen LogP contribution in [0.5, 0.6) is 0 Å². The minimum atomic E-state index is -1.04. The summed E-state index contributed by atoms with van der Waals surface area (Å²) in [5.74, 6) is 0. The average Bonchev–Trinajstić information content (AvgIpc) is 2.68. The van der Waals surface area contributed by atoms with Crippen LogP contribution in [0.2, 0.25) is 0 Å². The van der Waals surface area contributed by atoms with Gasteiger partial charge in [-0.1, -0.05) is 59.8 Å². The van der Waals surface area contributed by atoms with E-state index in [4.69, 9.17) is 14.2 Å². The normalized spacial score (nSPS) is 34.3. The predicted octanol–water partition coefficient (Wildman–Crippen LogP) is 2.65. The lowest BCUT2D eigenvalue weighted by atomic mass is 9.99. The molecule has 0 aromatic heterocycles. The molecular weight excluding hydrogens is 352 g/mol. The number of rotatable bonds is 3. The van der Waals surface area contributed by atoms with Crippen molar-refractivity contribution < 1.29 is 24.4 Å². The molecule has 0 radical (unpaired) electrons. The zero-order valence-electron chi connectivity index (χ0n) is 14.4. The molecule has 2 heterocycles. The van der Waals surface area contributed by atoms with Crippen LogP contribution in [-0.4, -0.2) is 46.7 Å². The third kappa shape index (κ3) is 3.67. The van der Waals surface area contributed by atoms with Gasteiger partial charge in [-0.05, 0) is 19.1 Å². The minimum absolute atomic E-state index is 0.305. The highest BCUT2D eigenvalue weighted by Gasteiger charge is 2.49. The van der Waals surface area contributed by atoms with Crippen LogP contribution < -0.4 is 0 Å². The number of thioether (sulfide) groups is 1. The molecule has 0 spiro atoms. The Balaban J connectivity index is 1.45. The first-order valence-corrected chi connectivity index (χ1v) is 9.57. The first-order valence-electron chi connectivity index (χ1n) is 8.69. The van der Waals surface area contributed by atoms with Crippen LogP contribution in [-0.2, 0) is 14.2 Å². The summed E-state index contributed by atoms with van der Waals surface area (Å²) in [5, 5.41) is 21.1. The second-order valence-corrected chi connectivity index (χ2v) is 7.80. The van der Waals surface area contributed by atoms with Crippen molar-refractivity contribution in [2.24, 2.45) is 0 Å². The molecule has 6 heteroatoms. The molecule has 0 aliphatic carbocycles. The number of benzene rings is 2. The van der Waals surface area contributed by atoms with E-state index in [9.17, 15) is 10.2 Å². The monoisotopic (exact) mass is 374 g/mol. The van der Waals surface area contributed by atoms with Gasteiger partial charge < -0.3 is 24.4 Å². The average molecular weight is 374 g/mol. The standard InChI is InChI=1S/C20H22O5S/c1-12-7-9-14(10-8-12)26-20-17(22)16(21)18-15(24-20)11-23-19(25-18)13-5-3-2-4-6-13/h2-10,15-22H,11H2,1H3/t15-,16-,17+,18+,19+,20+/m1/s1. The highest BCUT2D eigenvalue weighted by molar-refractivity contribution is 7.99. The van der Waals surface area contributed by atoms with Crippen LogP contribution in [0.1, 0.15) is 17.4 Å². The Labute approximate surface area is 156 Å². The van der Waals surface area contributed by atoms with Crippen molar-refractivity contribution in [1.29, 1.82) is 0 Å². The molecule has 0 amide bonds. The lowest BCUT2D eigenvalue weighted by Crippen LogP contribution is -2.60. The van der Waals surface area contributed by atoms with Crippen LogP contribution in [0.15, 0.2) is 59.5 Å². The molecule has 4 rings (SSSR count). The van der Waals surface area contributed by atoms with Gasteiger partial charge in [0, 0.05) is 10.5 Å². The van der Waals surface area contributed by atoms with Gasteiger partial charge in [0.05, 0.1) is 6.61 Å². The lowest BCUT2D eigenvalue weighted by molar-refractivity contribution is -0.318. The van der Waals surface area contributed by atoms with E-state index >= 15 is 0 Å². The minimum Gasteiger partial charge on any atom is -0.387 e. The number of hydrogen-bond donors (Lipinski definition) is 2. The summed E-state index contributed by atoms with van der Waals surface area (Å²) in [5.41, 5.74) is 1.47. The molecule has 0 unspecified atom stereocenters. The summed E-state index contributed by atoms with van der Waals surface area (Å²) in [4.78, 5) is 0.977. The summed E-state index contributed by atoms with van der Waals surface area (Å²) < 4.78 is 17.7. The van der Waals surface area contributed by atoms with E-state index in [-0.39, 0.29) is 0 Å². The van der Waals surface area contributed by atoms with Gasteiger partial charge in [0.1, 0.15) is 29.9 Å². The molecule has 26 heavy (non-hydrogen) atoms. The van der Waals surface area contributed by atoms with Gasteiger partial charge in [-0.3, -0.25) is 0 Å². The topological polar surface area (TPSA) is 68.2 Å². The summed E-state index contributed by atoms with van der Waals surface area (Å²) in [6, 6.07) is 17.5. The fourth-order valence-electron chi connectivity index (χ4n) is 3.21. The zero-order valence-corrected chi connectivity index (χ0v) is 15.2. The second-order valence-electron chi connectivity index (χ2n) is 6.63. The van der Waals surface area contributed by atoms with Gasteiger partial charge in [0.25, 0.3) is 0 Å². The predicted molar refractivity (Wildman–Crippen MR) is 97.7 cm³/mol. The molecule has 2 aliphatic heterocycles. The molecule has 2 fully saturated rings. The largest absolute Gasteiger partial charge is 0.387 e. The van der Waals surface area contributed by atoms with Crippen molar-refractivity contribution in [2.75, 3.05) is 6.61 Å². The molecular formula is C20H22O5S. The Kier molecular flexibility index (Phi) is 5.31. The van der Waals surface area contributed by atoms with Crippen molar-refractivity contribution in [3.8, 4) is 0 Å². The molecule has 2 N–H and O–H groups in total. The zero-order chi connectivity index (χ0) is 18.1. The molecule has 2 saturated heterocycles. The third-order valence-electron chi connectivity index (χ3n) is 4.68.